The number of rotatable bonds is 3. The van der Waals surface area contributed by atoms with E-state index in [-0.39, 0.29) is 10.8 Å². The van der Waals surface area contributed by atoms with Gasteiger partial charge in [-0.3, -0.25) is 4.72 Å². The van der Waals surface area contributed by atoms with Crippen molar-refractivity contribution in [3.05, 3.63) is 23.3 Å². The van der Waals surface area contributed by atoms with Crippen LogP contribution in [-0.2, 0) is 10.0 Å². The minimum atomic E-state index is -3.57. The smallest absolute Gasteiger partial charge is 0.254 e. The van der Waals surface area contributed by atoms with Crippen LogP contribution in [-0.4, -0.2) is 23.8 Å². The van der Waals surface area contributed by atoms with Gasteiger partial charge in [0.2, 0.25) is 0 Å². The largest absolute Gasteiger partial charge is 0.275 e. The third-order valence-corrected chi connectivity index (χ3v) is 2.29. The second-order valence-corrected chi connectivity index (χ2v) is 3.94. The van der Waals surface area contributed by atoms with Crippen LogP contribution >= 0.6 is 11.6 Å². The molecule has 0 radical (unpaired) electrons. The van der Waals surface area contributed by atoms with Crippen LogP contribution < -0.4 is 4.72 Å². The van der Waals surface area contributed by atoms with Crippen LogP contribution in [0.1, 0.15) is 0 Å². The van der Waals surface area contributed by atoms with Gasteiger partial charge in [0.1, 0.15) is 5.69 Å². The summed E-state index contributed by atoms with van der Waals surface area (Å²) >= 11 is 5.51. The molecule has 1 rings (SSSR count). The highest BCUT2D eigenvalue weighted by Gasteiger charge is 2.08. The number of halogens is 1. The lowest BCUT2D eigenvalue weighted by Gasteiger charge is -2.02. The van der Waals surface area contributed by atoms with E-state index in [0.717, 1.165) is 11.6 Å². The number of anilines is 1. The van der Waals surface area contributed by atoms with Gasteiger partial charge in [-0.2, -0.15) is 0 Å². The Balaban J connectivity index is 3.00. The SMILES string of the molecule is C=CS(=O)(=O)Nc1cnnnc1Cl. The van der Waals surface area contributed by atoms with Crippen LogP contribution in [0.3, 0.4) is 0 Å². The number of aromatic nitrogens is 3. The minimum absolute atomic E-state index is 0.0663. The zero-order chi connectivity index (χ0) is 9.90. The summed E-state index contributed by atoms with van der Waals surface area (Å²) in [6.07, 6.45) is 1.15. The summed E-state index contributed by atoms with van der Waals surface area (Å²) in [4.78, 5) is 0. The lowest BCUT2D eigenvalue weighted by atomic mass is 10.6. The summed E-state index contributed by atoms with van der Waals surface area (Å²) in [5.41, 5.74) is 0.0663. The fraction of sp³-hybridized carbons (Fsp3) is 0. The molecule has 6 nitrogen and oxygen atoms in total. The van der Waals surface area contributed by atoms with E-state index in [4.69, 9.17) is 11.6 Å². The first-order chi connectivity index (χ1) is 6.05. The molecule has 0 unspecified atom stereocenters. The van der Waals surface area contributed by atoms with Crippen molar-refractivity contribution in [2.75, 3.05) is 4.72 Å². The summed E-state index contributed by atoms with van der Waals surface area (Å²) in [6.45, 7) is 3.11. The van der Waals surface area contributed by atoms with Crippen LogP contribution in [0.25, 0.3) is 0 Å². The third-order valence-electron chi connectivity index (χ3n) is 1.06. The number of sulfonamides is 1. The summed E-state index contributed by atoms with van der Waals surface area (Å²) < 4.78 is 24.0. The van der Waals surface area contributed by atoms with Crippen LogP contribution in [0.5, 0.6) is 0 Å². The molecule has 1 aromatic heterocycles. The van der Waals surface area contributed by atoms with Gasteiger partial charge in [-0.05, 0) is 5.21 Å². The summed E-state index contributed by atoms with van der Waals surface area (Å²) in [5.74, 6) is 0. The number of nitrogens with zero attached hydrogens (tertiary/aromatic N) is 3. The summed E-state index contributed by atoms with van der Waals surface area (Å²) in [5, 5.41) is 10.6. The first-order valence-electron chi connectivity index (χ1n) is 3.04. The molecule has 0 saturated carbocycles. The molecule has 0 atom stereocenters. The van der Waals surface area contributed by atoms with Crippen LogP contribution in [0.15, 0.2) is 18.2 Å². The van der Waals surface area contributed by atoms with Crippen molar-refractivity contribution in [1.29, 1.82) is 0 Å². The van der Waals surface area contributed by atoms with Gasteiger partial charge in [-0.1, -0.05) is 18.2 Å². The van der Waals surface area contributed by atoms with E-state index in [9.17, 15) is 8.42 Å². The standard InChI is InChI=1S/C5H5ClN4O2S/c1-2-13(11,12)9-4-3-7-10-8-5(4)6/h2-3H,1H2,(H,9,10). The molecule has 0 saturated heterocycles. The maximum absolute atomic E-state index is 11.0. The molecule has 0 aliphatic heterocycles. The van der Waals surface area contributed by atoms with Crippen molar-refractivity contribution in [1.82, 2.24) is 15.4 Å². The highest BCUT2D eigenvalue weighted by Crippen LogP contribution is 2.16. The Morgan fingerprint density at radius 2 is 2.31 bits per heavy atom. The van der Waals surface area contributed by atoms with Gasteiger partial charge in [0.25, 0.3) is 10.0 Å². The van der Waals surface area contributed by atoms with E-state index in [1.165, 1.54) is 0 Å². The van der Waals surface area contributed by atoms with Gasteiger partial charge in [-0.15, -0.1) is 10.2 Å². The van der Waals surface area contributed by atoms with Crippen LogP contribution in [0.2, 0.25) is 5.15 Å². The lowest BCUT2D eigenvalue weighted by Crippen LogP contribution is -2.09. The fourth-order valence-corrected chi connectivity index (χ4v) is 1.24. The van der Waals surface area contributed by atoms with E-state index >= 15 is 0 Å². The molecule has 0 amide bonds. The Bertz CT molecular complexity index is 418. The molecular formula is C5H5ClN4O2S. The van der Waals surface area contributed by atoms with Crippen molar-refractivity contribution < 1.29 is 8.42 Å². The fourth-order valence-electron chi connectivity index (χ4n) is 0.519. The molecule has 0 fully saturated rings. The maximum atomic E-state index is 11.0. The number of nitrogens with one attached hydrogen (secondary N) is 1. The molecule has 1 heterocycles. The molecule has 1 N–H and O–H groups in total. The Kier molecular flexibility index (Phi) is 2.79. The van der Waals surface area contributed by atoms with Gasteiger partial charge >= 0.3 is 0 Å². The highest BCUT2D eigenvalue weighted by atomic mass is 35.5. The molecule has 0 aliphatic carbocycles. The molecule has 0 aromatic carbocycles. The average molecular weight is 221 g/mol. The van der Waals surface area contributed by atoms with Gasteiger partial charge in [0, 0.05) is 5.41 Å². The molecular weight excluding hydrogens is 216 g/mol. The van der Waals surface area contributed by atoms with Crippen molar-refractivity contribution in [3.8, 4) is 0 Å². The zero-order valence-corrected chi connectivity index (χ0v) is 7.88. The highest BCUT2D eigenvalue weighted by molar-refractivity contribution is 7.95. The van der Waals surface area contributed by atoms with Crippen molar-refractivity contribution in [2.45, 2.75) is 0 Å². The molecule has 1 aromatic rings. The Hall–Kier alpha value is -1.21. The topological polar surface area (TPSA) is 84.8 Å². The first-order valence-corrected chi connectivity index (χ1v) is 4.97. The molecule has 13 heavy (non-hydrogen) atoms. The summed E-state index contributed by atoms with van der Waals surface area (Å²) in [7, 11) is -3.57. The number of hydrogen-bond acceptors (Lipinski definition) is 5. The maximum Gasteiger partial charge on any atom is 0.254 e. The molecule has 8 heteroatoms. The number of hydrogen-bond donors (Lipinski definition) is 1. The van der Waals surface area contributed by atoms with E-state index in [2.05, 4.69) is 26.7 Å². The Labute approximate surface area is 79.7 Å². The molecule has 0 spiro atoms. The van der Waals surface area contributed by atoms with E-state index in [1.54, 1.807) is 0 Å². The third kappa shape index (κ3) is 2.63. The average Bonchev–Trinajstić information content (AvgIpc) is 2.09. The molecule has 0 bridgehead atoms. The van der Waals surface area contributed by atoms with Gasteiger partial charge in [0.05, 0.1) is 6.20 Å². The van der Waals surface area contributed by atoms with E-state index in [1.807, 2.05) is 0 Å². The van der Waals surface area contributed by atoms with Crippen molar-refractivity contribution >= 4 is 27.3 Å². The predicted molar refractivity (Wildman–Crippen MR) is 47.6 cm³/mol. The second kappa shape index (κ2) is 3.67. The monoisotopic (exact) mass is 220 g/mol. The predicted octanol–water partition coefficient (Wildman–Crippen LogP) is 0.410. The van der Waals surface area contributed by atoms with E-state index < -0.39 is 10.0 Å². The zero-order valence-electron chi connectivity index (χ0n) is 6.31. The van der Waals surface area contributed by atoms with Gasteiger partial charge in [0.15, 0.2) is 5.15 Å². The van der Waals surface area contributed by atoms with Crippen molar-refractivity contribution in [3.63, 3.8) is 0 Å². The molecule has 70 valence electrons. The van der Waals surface area contributed by atoms with E-state index in [0.29, 0.717) is 0 Å². The lowest BCUT2D eigenvalue weighted by molar-refractivity contribution is 0.609. The van der Waals surface area contributed by atoms with Crippen molar-refractivity contribution in [2.24, 2.45) is 0 Å². The van der Waals surface area contributed by atoms with Gasteiger partial charge < -0.3 is 0 Å². The van der Waals surface area contributed by atoms with Crippen LogP contribution in [0, 0.1) is 0 Å². The van der Waals surface area contributed by atoms with Crippen LogP contribution in [0.4, 0.5) is 5.69 Å². The Morgan fingerprint density at radius 1 is 1.62 bits per heavy atom. The molecule has 0 aliphatic rings. The Morgan fingerprint density at radius 3 is 2.85 bits per heavy atom. The summed E-state index contributed by atoms with van der Waals surface area (Å²) in [6, 6.07) is 0. The second-order valence-electron chi connectivity index (χ2n) is 1.95. The quantitative estimate of drug-likeness (QED) is 0.798. The first kappa shape index (κ1) is 9.87. The minimum Gasteiger partial charge on any atom is -0.275 e. The normalized spacial score (nSPS) is 10.8. The van der Waals surface area contributed by atoms with Gasteiger partial charge in [-0.25, -0.2) is 8.42 Å².